The van der Waals surface area contributed by atoms with Crippen molar-refractivity contribution in [1.82, 2.24) is 9.88 Å². The van der Waals surface area contributed by atoms with Gasteiger partial charge in [-0.15, -0.1) is 0 Å². The minimum Gasteiger partial charge on any atom is -0.483 e. The van der Waals surface area contributed by atoms with Crippen molar-refractivity contribution in [2.24, 2.45) is 0 Å². The van der Waals surface area contributed by atoms with Gasteiger partial charge in [0.25, 0.3) is 5.56 Å². The predicted molar refractivity (Wildman–Crippen MR) is 115 cm³/mol. The number of nitrogens with one attached hydrogen (secondary N) is 2. The Kier molecular flexibility index (Phi) is 7.42. The topological polar surface area (TPSA) is 72.4 Å². The van der Waals surface area contributed by atoms with Crippen LogP contribution in [0.2, 0.25) is 5.02 Å². The molecule has 32 heavy (non-hydrogen) atoms. The lowest BCUT2D eigenvalue weighted by molar-refractivity contribution is -0.153. The van der Waals surface area contributed by atoms with Crippen LogP contribution in [0.3, 0.4) is 0 Å². The molecule has 0 bridgehead atoms. The van der Waals surface area contributed by atoms with Crippen molar-refractivity contribution in [2.75, 3.05) is 11.9 Å². The van der Waals surface area contributed by atoms with Crippen LogP contribution in [0.1, 0.15) is 11.1 Å². The molecule has 3 rings (SSSR count). The van der Waals surface area contributed by atoms with Crippen molar-refractivity contribution in [3.8, 4) is 5.75 Å². The standard InChI is InChI=1S/C22H19ClF3N3O3/c23-18-11-17(8-9-19(18)32-14-22(24,25)26)28-21(31)27-12-15-4-6-16(7-5-15)13-29-10-2-1-3-20(29)30/h1-11H,12-14H2,(H2,27,28,31). The van der Waals surface area contributed by atoms with E-state index in [0.29, 0.717) is 12.2 Å². The number of urea groups is 1. The molecule has 0 spiro atoms. The Morgan fingerprint density at radius 2 is 1.75 bits per heavy atom. The highest BCUT2D eigenvalue weighted by molar-refractivity contribution is 6.32. The summed E-state index contributed by atoms with van der Waals surface area (Å²) in [5.74, 6) is -0.132. The Labute approximate surface area is 186 Å². The third-order valence-corrected chi connectivity index (χ3v) is 4.60. The number of carbonyl (C=O) groups is 1. The molecule has 0 saturated heterocycles. The van der Waals surface area contributed by atoms with Crippen molar-refractivity contribution in [3.05, 3.63) is 93.4 Å². The fraction of sp³-hybridized carbons (Fsp3) is 0.182. The molecule has 3 aromatic rings. The normalized spacial score (nSPS) is 11.1. The largest absolute Gasteiger partial charge is 0.483 e. The summed E-state index contributed by atoms with van der Waals surface area (Å²) in [6.07, 6.45) is -2.76. The van der Waals surface area contributed by atoms with Crippen LogP contribution in [-0.2, 0) is 13.1 Å². The number of benzene rings is 2. The van der Waals surface area contributed by atoms with Crippen LogP contribution in [0, 0.1) is 0 Å². The van der Waals surface area contributed by atoms with E-state index in [4.69, 9.17) is 11.6 Å². The maximum atomic E-state index is 12.2. The summed E-state index contributed by atoms with van der Waals surface area (Å²) in [6.45, 7) is -0.768. The van der Waals surface area contributed by atoms with Gasteiger partial charge in [0.1, 0.15) is 5.75 Å². The molecular formula is C22H19ClF3N3O3. The fourth-order valence-electron chi connectivity index (χ4n) is 2.76. The van der Waals surface area contributed by atoms with Crippen LogP contribution in [0.25, 0.3) is 0 Å². The number of pyridine rings is 1. The van der Waals surface area contributed by atoms with E-state index in [-0.39, 0.29) is 22.9 Å². The first-order valence-corrected chi connectivity index (χ1v) is 9.85. The van der Waals surface area contributed by atoms with Crippen molar-refractivity contribution in [3.63, 3.8) is 0 Å². The number of alkyl halides is 3. The van der Waals surface area contributed by atoms with E-state index in [1.54, 1.807) is 22.9 Å². The van der Waals surface area contributed by atoms with Gasteiger partial charge in [-0.3, -0.25) is 4.79 Å². The Morgan fingerprint density at radius 1 is 1.03 bits per heavy atom. The van der Waals surface area contributed by atoms with Gasteiger partial charge in [-0.1, -0.05) is 41.9 Å². The third-order valence-electron chi connectivity index (χ3n) is 4.31. The molecule has 0 unspecified atom stereocenters. The number of aromatic nitrogens is 1. The van der Waals surface area contributed by atoms with E-state index in [9.17, 15) is 22.8 Å². The number of anilines is 1. The summed E-state index contributed by atoms with van der Waals surface area (Å²) in [6, 6.07) is 15.8. The first kappa shape index (κ1) is 23.2. The average Bonchev–Trinajstić information content (AvgIpc) is 2.74. The second-order valence-corrected chi connectivity index (χ2v) is 7.25. The molecular weight excluding hydrogens is 447 g/mol. The monoisotopic (exact) mass is 465 g/mol. The van der Waals surface area contributed by atoms with E-state index < -0.39 is 18.8 Å². The summed E-state index contributed by atoms with van der Waals surface area (Å²) in [7, 11) is 0. The highest BCUT2D eigenvalue weighted by atomic mass is 35.5. The minimum atomic E-state index is -4.47. The van der Waals surface area contributed by atoms with Gasteiger partial charge in [-0.2, -0.15) is 13.2 Å². The van der Waals surface area contributed by atoms with Crippen LogP contribution >= 0.6 is 11.6 Å². The van der Waals surface area contributed by atoms with Crippen molar-refractivity contribution in [1.29, 1.82) is 0 Å². The van der Waals surface area contributed by atoms with Crippen molar-refractivity contribution >= 4 is 23.3 Å². The number of hydrogen-bond acceptors (Lipinski definition) is 3. The molecule has 0 aliphatic rings. The Morgan fingerprint density at radius 3 is 2.41 bits per heavy atom. The summed E-state index contributed by atoms with van der Waals surface area (Å²) in [4.78, 5) is 23.9. The van der Waals surface area contributed by atoms with Crippen molar-refractivity contribution in [2.45, 2.75) is 19.3 Å². The lowest BCUT2D eigenvalue weighted by atomic mass is 10.1. The number of carbonyl (C=O) groups excluding carboxylic acids is 1. The summed E-state index contributed by atoms with van der Waals surface area (Å²) >= 11 is 5.91. The van der Waals surface area contributed by atoms with Crippen LogP contribution in [0.15, 0.2) is 71.7 Å². The summed E-state index contributed by atoms with van der Waals surface area (Å²) in [5, 5.41) is 5.17. The van der Waals surface area contributed by atoms with Gasteiger partial charge < -0.3 is 19.9 Å². The number of hydrogen-bond donors (Lipinski definition) is 2. The maximum Gasteiger partial charge on any atom is 0.422 e. The van der Waals surface area contributed by atoms with Crippen LogP contribution < -0.4 is 20.9 Å². The number of amides is 2. The first-order valence-electron chi connectivity index (χ1n) is 9.47. The second kappa shape index (κ2) is 10.2. The molecule has 168 valence electrons. The molecule has 0 aliphatic heterocycles. The number of nitrogens with zero attached hydrogens (tertiary/aromatic N) is 1. The van der Waals surface area contributed by atoms with E-state index in [2.05, 4.69) is 15.4 Å². The van der Waals surface area contributed by atoms with Crippen LogP contribution in [-0.4, -0.2) is 23.4 Å². The zero-order valence-corrected chi connectivity index (χ0v) is 17.4. The fourth-order valence-corrected chi connectivity index (χ4v) is 3.00. The lowest BCUT2D eigenvalue weighted by Gasteiger charge is -2.12. The zero-order chi connectivity index (χ0) is 23.1. The summed E-state index contributed by atoms with van der Waals surface area (Å²) in [5.41, 5.74) is 2.00. The summed E-state index contributed by atoms with van der Waals surface area (Å²) < 4.78 is 42.9. The third kappa shape index (κ3) is 7.05. The molecule has 2 N–H and O–H groups in total. The molecule has 2 aromatic carbocycles. The highest BCUT2D eigenvalue weighted by Gasteiger charge is 2.28. The Bertz CT molecular complexity index is 1130. The molecule has 0 atom stereocenters. The lowest BCUT2D eigenvalue weighted by Crippen LogP contribution is -2.28. The van der Waals surface area contributed by atoms with Gasteiger partial charge in [0.2, 0.25) is 0 Å². The van der Waals surface area contributed by atoms with Gasteiger partial charge >= 0.3 is 12.2 Å². The molecule has 10 heteroatoms. The molecule has 0 fully saturated rings. The molecule has 0 radical (unpaired) electrons. The molecule has 1 aromatic heterocycles. The maximum absolute atomic E-state index is 12.2. The second-order valence-electron chi connectivity index (χ2n) is 6.84. The van der Waals surface area contributed by atoms with Crippen molar-refractivity contribution < 1.29 is 22.7 Å². The molecule has 0 saturated carbocycles. The Balaban J connectivity index is 1.50. The van der Waals surface area contributed by atoms with Gasteiger partial charge in [0, 0.05) is 24.5 Å². The quantitative estimate of drug-likeness (QED) is 0.526. The SMILES string of the molecule is O=C(NCc1ccc(Cn2ccccc2=O)cc1)Nc1ccc(OCC(F)(F)F)c(Cl)c1. The first-order chi connectivity index (χ1) is 15.2. The van der Waals surface area contributed by atoms with E-state index >= 15 is 0 Å². The molecule has 6 nitrogen and oxygen atoms in total. The molecule has 0 aliphatic carbocycles. The number of halogens is 4. The van der Waals surface area contributed by atoms with Gasteiger partial charge in [-0.25, -0.2) is 4.79 Å². The molecule has 1 heterocycles. The Hall–Kier alpha value is -3.46. The van der Waals surface area contributed by atoms with E-state index in [0.717, 1.165) is 11.1 Å². The number of ether oxygens (including phenoxy) is 1. The average molecular weight is 466 g/mol. The van der Waals surface area contributed by atoms with Gasteiger partial charge in [0.05, 0.1) is 11.6 Å². The van der Waals surface area contributed by atoms with Gasteiger partial charge in [0.15, 0.2) is 6.61 Å². The highest BCUT2D eigenvalue weighted by Crippen LogP contribution is 2.29. The molecule has 2 amide bonds. The minimum absolute atomic E-state index is 0.0554. The predicted octanol–water partition coefficient (Wildman–Crippen LogP) is 4.81. The zero-order valence-electron chi connectivity index (χ0n) is 16.7. The number of rotatable bonds is 7. The van der Waals surface area contributed by atoms with E-state index in [1.165, 1.54) is 24.3 Å². The van der Waals surface area contributed by atoms with E-state index in [1.807, 2.05) is 24.3 Å². The smallest absolute Gasteiger partial charge is 0.422 e. The van der Waals surface area contributed by atoms with Crippen LogP contribution in [0.5, 0.6) is 5.75 Å². The van der Waals surface area contributed by atoms with Crippen LogP contribution in [0.4, 0.5) is 23.7 Å². The van der Waals surface area contributed by atoms with Gasteiger partial charge in [-0.05, 0) is 35.4 Å².